The van der Waals surface area contributed by atoms with Gasteiger partial charge in [-0.2, -0.15) is 0 Å². The van der Waals surface area contributed by atoms with Gasteiger partial charge in [0.25, 0.3) is 0 Å². The molecule has 2 aromatic carbocycles. The lowest BCUT2D eigenvalue weighted by atomic mass is 9.89. The fourth-order valence-corrected chi connectivity index (χ4v) is 4.88. The van der Waals surface area contributed by atoms with Crippen molar-refractivity contribution in [2.24, 2.45) is 0 Å². The van der Waals surface area contributed by atoms with Gasteiger partial charge in [0.2, 0.25) is 5.91 Å². The maximum atomic E-state index is 12.3. The van der Waals surface area contributed by atoms with Gasteiger partial charge in [0.15, 0.2) is 0 Å². The summed E-state index contributed by atoms with van der Waals surface area (Å²) in [5, 5.41) is 12.0. The first-order valence-electron chi connectivity index (χ1n) is 11.2. The first-order chi connectivity index (χ1) is 15.3. The maximum absolute atomic E-state index is 12.3. The van der Waals surface area contributed by atoms with E-state index in [9.17, 15) is 14.7 Å². The number of hydrogen-bond acceptors (Lipinski definition) is 4. The van der Waals surface area contributed by atoms with E-state index in [-0.39, 0.29) is 30.4 Å². The number of nitrogens with zero attached hydrogens (tertiary/aromatic N) is 3. The van der Waals surface area contributed by atoms with Gasteiger partial charge in [-0.1, -0.05) is 30.3 Å². The standard InChI is InChI=1S/C25H32N4O3.ClH/c1-17-14-23(26-25(31)32)22-15-21(8-9-24(22)29(17)18(2)30)20-6-4-19(5-7-20)16-28-12-10-27(3)11-13-28;/h4-9,15,17,23,26H,10-14,16H2,1-3H3,(H,31,32);1H/t17-,23+;/m0./s1. The predicted octanol–water partition coefficient (Wildman–Crippen LogP) is 3.98. The van der Waals surface area contributed by atoms with Crippen molar-refractivity contribution in [1.82, 2.24) is 15.1 Å². The van der Waals surface area contributed by atoms with Crippen LogP contribution in [0.2, 0.25) is 0 Å². The first-order valence-corrected chi connectivity index (χ1v) is 11.2. The summed E-state index contributed by atoms with van der Waals surface area (Å²) >= 11 is 0. The Morgan fingerprint density at radius 2 is 1.67 bits per heavy atom. The average Bonchev–Trinajstić information content (AvgIpc) is 2.75. The number of carbonyl (C=O) groups excluding carboxylic acids is 1. The third-order valence-electron chi connectivity index (χ3n) is 6.61. The molecule has 0 aromatic heterocycles. The molecule has 2 aliphatic rings. The normalized spacial score (nSPS) is 21.1. The minimum Gasteiger partial charge on any atom is -0.465 e. The zero-order valence-electron chi connectivity index (χ0n) is 19.5. The van der Waals surface area contributed by atoms with Gasteiger partial charge in [-0.25, -0.2) is 4.79 Å². The number of nitrogens with one attached hydrogen (secondary N) is 1. The third kappa shape index (κ3) is 5.66. The molecule has 2 atom stereocenters. The van der Waals surface area contributed by atoms with Crippen molar-refractivity contribution in [3.8, 4) is 11.1 Å². The van der Waals surface area contributed by atoms with Crippen LogP contribution in [0.3, 0.4) is 0 Å². The molecule has 2 amide bonds. The summed E-state index contributed by atoms with van der Waals surface area (Å²) in [4.78, 5) is 30.2. The summed E-state index contributed by atoms with van der Waals surface area (Å²) in [5.41, 5.74) is 5.02. The van der Waals surface area contributed by atoms with Crippen molar-refractivity contribution in [2.45, 2.75) is 38.9 Å². The van der Waals surface area contributed by atoms with Gasteiger partial charge in [-0.3, -0.25) is 9.69 Å². The molecule has 2 aliphatic heterocycles. The molecule has 0 spiro atoms. The van der Waals surface area contributed by atoms with E-state index in [1.54, 1.807) is 11.8 Å². The molecule has 8 heteroatoms. The van der Waals surface area contributed by atoms with Crippen LogP contribution in [0.15, 0.2) is 42.5 Å². The predicted molar refractivity (Wildman–Crippen MR) is 133 cm³/mol. The molecule has 2 N–H and O–H groups in total. The molecule has 1 saturated heterocycles. The summed E-state index contributed by atoms with van der Waals surface area (Å²) in [5.74, 6) is -0.0338. The SMILES string of the molecule is CC(=O)N1c2ccc(-c3ccc(CN4CCN(C)CC4)cc3)cc2[C@H](NC(=O)O)C[C@@H]1C.Cl. The maximum Gasteiger partial charge on any atom is 0.405 e. The molecule has 2 heterocycles. The highest BCUT2D eigenvalue weighted by atomic mass is 35.5. The molecule has 0 aliphatic carbocycles. The number of hydrogen-bond donors (Lipinski definition) is 2. The van der Waals surface area contributed by atoms with Crippen LogP contribution in [0.4, 0.5) is 10.5 Å². The number of likely N-dealkylation sites (N-methyl/N-ethyl adjacent to an activating group) is 1. The number of amides is 2. The van der Waals surface area contributed by atoms with Gasteiger partial charge in [0, 0.05) is 51.4 Å². The van der Waals surface area contributed by atoms with Gasteiger partial charge < -0.3 is 20.2 Å². The summed E-state index contributed by atoms with van der Waals surface area (Å²) in [6.07, 6.45) is -0.505. The Labute approximate surface area is 201 Å². The van der Waals surface area contributed by atoms with E-state index in [0.29, 0.717) is 6.42 Å². The molecule has 0 bridgehead atoms. The van der Waals surface area contributed by atoms with Crippen LogP contribution in [-0.4, -0.2) is 66.2 Å². The highest BCUT2D eigenvalue weighted by Gasteiger charge is 2.33. The molecule has 2 aromatic rings. The number of anilines is 1. The molecule has 0 radical (unpaired) electrons. The van der Waals surface area contributed by atoms with Crippen molar-refractivity contribution in [3.63, 3.8) is 0 Å². The highest BCUT2D eigenvalue weighted by molar-refractivity contribution is 5.94. The van der Waals surface area contributed by atoms with Crippen molar-refractivity contribution >= 4 is 30.1 Å². The van der Waals surface area contributed by atoms with E-state index in [2.05, 4.69) is 46.4 Å². The third-order valence-corrected chi connectivity index (χ3v) is 6.61. The average molecular weight is 473 g/mol. The van der Waals surface area contributed by atoms with E-state index in [1.165, 1.54) is 5.56 Å². The number of fused-ring (bicyclic) bond motifs is 1. The van der Waals surface area contributed by atoms with E-state index in [0.717, 1.165) is 55.1 Å². The Balaban J connectivity index is 0.00000306. The van der Waals surface area contributed by atoms with E-state index in [1.807, 2.05) is 25.1 Å². The van der Waals surface area contributed by atoms with Gasteiger partial charge in [0.1, 0.15) is 0 Å². The Morgan fingerprint density at radius 1 is 1.03 bits per heavy atom. The van der Waals surface area contributed by atoms with Gasteiger partial charge in [-0.05, 0) is 54.8 Å². The van der Waals surface area contributed by atoms with Crippen molar-refractivity contribution in [1.29, 1.82) is 0 Å². The Morgan fingerprint density at radius 3 is 2.27 bits per heavy atom. The number of rotatable bonds is 4. The lowest BCUT2D eigenvalue weighted by molar-refractivity contribution is -0.117. The van der Waals surface area contributed by atoms with Gasteiger partial charge in [-0.15, -0.1) is 12.4 Å². The number of benzene rings is 2. The molecule has 4 rings (SSSR count). The van der Waals surface area contributed by atoms with E-state index < -0.39 is 6.09 Å². The van der Waals surface area contributed by atoms with Gasteiger partial charge >= 0.3 is 6.09 Å². The summed E-state index contributed by atoms with van der Waals surface area (Å²) in [6.45, 7) is 8.85. The lowest BCUT2D eigenvalue weighted by Gasteiger charge is -2.39. The minimum atomic E-state index is -1.05. The second-order valence-electron chi connectivity index (χ2n) is 9.03. The lowest BCUT2D eigenvalue weighted by Crippen LogP contribution is -2.45. The number of halogens is 1. The molecular formula is C25H33ClN4O3. The summed E-state index contributed by atoms with van der Waals surface area (Å²) < 4.78 is 0. The van der Waals surface area contributed by atoms with Crippen molar-refractivity contribution in [2.75, 3.05) is 38.1 Å². The van der Waals surface area contributed by atoms with Crippen LogP contribution >= 0.6 is 12.4 Å². The fraction of sp³-hybridized carbons (Fsp3) is 0.440. The zero-order valence-corrected chi connectivity index (χ0v) is 20.3. The topological polar surface area (TPSA) is 76.1 Å². The largest absolute Gasteiger partial charge is 0.465 e. The molecular weight excluding hydrogens is 440 g/mol. The Hall–Kier alpha value is -2.61. The number of carbonyl (C=O) groups is 2. The minimum absolute atomic E-state index is 0. The quantitative estimate of drug-likeness (QED) is 0.704. The molecule has 178 valence electrons. The van der Waals surface area contributed by atoms with Crippen LogP contribution in [-0.2, 0) is 11.3 Å². The summed E-state index contributed by atoms with van der Waals surface area (Å²) in [6, 6.07) is 14.2. The van der Waals surface area contributed by atoms with E-state index >= 15 is 0 Å². The number of carboxylic acid groups (broad SMARTS) is 1. The van der Waals surface area contributed by atoms with Crippen LogP contribution in [0, 0.1) is 0 Å². The monoisotopic (exact) mass is 472 g/mol. The smallest absolute Gasteiger partial charge is 0.405 e. The second-order valence-corrected chi connectivity index (χ2v) is 9.03. The van der Waals surface area contributed by atoms with Gasteiger partial charge in [0.05, 0.1) is 6.04 Å². The van der Waals surface area contributed by atoms with E-state index in [4.69, 9.17) is 0 Å². The first kappa shape index (κ1) is 25.0. The Kier molecular flexibility index (Phi) is 8.00. The van der Waals surface area contributed by atoms with Crippen LogP contribution in [0.5, 0.6) is 0 Å². The second kappa shape index (κ2) is 10.5. The Bertz CT molecular complexity index is 990. The number of piperazine rings is 1. The fourth-order valence-electron chi connectivity index (χ4n) is 4.88. The van der Waals surface area contributed by atoms with Crippen LogP contribution in [0.25, 0.3) is 11.1 Å². The van der Waals surface area contributed by atoms with Crippen molar-refractivity contribution < 1.29 is 14.7 Å². The van der Waals surface area contributed by atoms with Crippen LogP contribution in [0.1, 0.15) is 37.4 Å². The molecule has 1 fully saturated rings. The molecule has 0 saturated carbocycles. The summed E-state index contributed by atoms with van der Waals surface area (Å²) in [7, 11) is 2.16. The highest BCUT2D eigenvalue weighted by Crippen LogP contribution is 2.39. The van der Waals surface area contributed by atoms with Crippen molar-refractivity contribution in [3.05, 3.63) is 53.6 Å². The zero-order chi connectivity index (χ0) is 22.8. The molecule has 33 heavy (non-hydrogen) atoms. The van der Waals surface area contributed by atoms with Crippen LogP contribution < -0.4 is 10.2 Å². The molecule has 0 unspecified atom stereocenters. The molecule has 7 nitrogen and oxygen atoms in total.